The molecular weight excluding hydrogens is 202 g/mol. The number of carbonyl (C=O) groups is 1. The predicted molar refractivity (Wildman–Crippen MR) is 58.8 cm³/mol. The summed E-state index contributed by atoms with van der Waals surface area (Å²) in [5.41, 5.74) is 7.01. The minimum absolute atomic E-state index is 0.148. The van der Waals surface area contributed by atoms with Gasteiger partial charge in [0.1, 0.15) is 5.82 Å². The quantitative estimate of drug-likeness (QED) is 0.730. The average molecular weight is 213 g/mol. The van der Waals surface area contributed by atoms with E-state index in [1.54, 1.807) is 0 Å². The lowest BCUT2D eigenvalue weighted by molar-refractivity contribution is -0.121. The lowest BCUT2D eigenvalue weighted by Gasteiger charge is -2.23. The van der Waals surface area contributed by atoms with Crippen molar-refractivity contribution in [1.29, 1.82) is 5.26 Å². The van der Waals surface area contributed by atoms with Crippen LogP contribution in [0.2, 0.25) is 0 Å². The van der Waals surface area contributed by atoms with Crippen LogP contribution in [0.15, 0.2) is 41.7 Å². The topological polar surface area (TPSA) is 78.9 Å². The van der Waals surface area contributed by atoms with Crippen LogP contribution in [-0.2, 0) is 4.79 Å². The van der Waals surface area contributed by atoms with Crippen LogP contribution in [0.4, 0.5) is 0 Å². The number of nitrogens with two attached hydrogens (primary N) is 1. The molecule has 16 heavy (non-hydrogen) atoms. The van der Waals surface area contributed by atoms with Gasteiger partial charge in [-0.3, -0.25) is 4.79 Å². The van der Waals surface area contributed by atoms with Crippen LogP contribution in [-0.4, -0.2) is 5.91 Å². The van der Waals surface area contributed by atoms with Crippen molar-refractivity contribution >= 4 is 5.91 Å². The fourth-order valence-corrected chi connectivity index (χ4v) is 1.85. The Morgan fingerprint density at radius 1 is 1.38 bits per heavy atom. The molecule has 4 nitrogen and oxygen atoms in total. The first kappa shape index (κ1) is 10.2. The minimum atomic E-state index is -0.222. The Morgan fingerprint density at radius 3 is 2.69 bits per heavy atom. The normalized spacial score (nSPS) is 20.2. The number of rotatable bonds is 1. The Hall–Kier alpha value is -2.28. The summed E-state index contributed by atoms with van der Waals surface area (Å²) in [4.78, 5) is 11.4. The first-order valence-corrected chi connectivity index (χ1v) is 4.97. The number of benzene rings is 1. The van der Waals surface area contributed by atoms with Crippen LogP contribution in [0.3, 0.4) is 0 Å². The van der Waals surface area contributed by atoms with E-state index < -0.39 is 0 Å². The molecule has 0 saturated carbocycles. The van der Waals surface area contributed by atoms with Crippen LogP contribution in [0.25, 0.3) is 0 Å². The van der Waals surface area contributed by atoms with Gasteiger partial charge in [-0.15, -0.1) is 0 Å². The van der Waals surface area contributed by atoms with Crippen molar-refractivity contribution in [3.63, 3.8) is 0 Å². The Kier molecular flexibility index (Phi) is 2.61. The molecule has 2 rings (SSSR count). The van der Waals surface area contributed by atoms with Crippen molar-refractivity contribution < 1.29 is 4.79 Å². The van der Waals surface area contributed by atoms with Gasteiger partial charge in [-0.1, -0.05) is 30.3 Å². The minimum Gasteiger partial charge on any atom is -0.384 e. The number of nitrogens with zero attached hydrogens (tertiary/aromatic N) is 1. The molecule has 1 aromatic rings. The second-order valence-electron chi connectivity index (χ2n) is 3.65. The van der Waals surface area contributed by atoms with Crippen LogP contribution in [0, 0.1) is 11.3 Å². The second-order valence-corrected chi connectivity index (χ2v) is 3.65. The summed E-state index contributed by atoms with van der Waals surface area (Å²) in [6, 6.07) is 11.5. The van der Waals surface area contributed by atoms with Gasteiger partial charge in [0.2, 0.25) is 5.91 Å². The first-order valence-electron chi connectivity index (χ1n) is 4.97. The van der Waals surface area contributed by atoms with Crippen LogP contribution >= 0.6 is 0 Å². The monoisotopic (exact) mass is 213 g/mol. The summed E-state index contributed by atoms with van der Waals surface area (Å²) in [6.45, 7) is 0. The molecule has 0 fully saturated rings. The standard InChI is InChI=1S/C12H11N3O/c13-7-10-9(6-11(16)15-12(10)14)8-4-2-1-3-5-8/h1-5,9H,6,14H2,(H,15,16). The third kappa shape index (κ3) is 1.75. The zero-order valence-electron chi connectivity index (χ0n) is 8.60. The van der Waals surface area contributed by atoms with E-state index in [-0.39, 0.29) is 24.1 Å². The molecule has 1 aromatic carbocycles. The molecule has 0 saturated heterocycles. The van der Waals surface area contributed by atoms with Crippen molar-refractivity contribution in [3.8, 4) is 6.07 Å². The summed E-state index contributed by atoms with van der Waals surface area (Å²) >= 11 is 0. The van der Waals surface area contributed by atoms with Gasteiger partial charge in [0.25, 0.3) is 0 Å². The Balaban J connectivity index is 2.45. The molecule has 4 heteroatoms. The number of hydrogen-bond donors (Lipinski definition) is 2. The third-order valence-electron chi connectivity index (χ3n) is 2.62. The van der Waals surface area contributed by atoms with E-state index in [2.05, 4.69) is 11.4 Å². The molecule has 1 heterocycles. The molecule has 1 unspecified atom stereocenters. The molecule has 0 spiro atoms. The molecule has 0 aromatic heterocycles. The van der Waals surface area contributed by atoms with Crippen LogP contribution in [0.5, 0.6) is 0 Å². The maximum Gasteiger partial charge on any atom is 0.226 e. The highest BCUT2D eigenvalue weighted by Crippen LogP contribution is 2.30. The van der Waals surface area contributed by atoms with Crippen molar-refractivity contribution in [2.24, 2.45) is 5.73 Å². The van der Waals surface area contributed by atoms with E-state index in [0.717, 1.165) is 5.56 Å². The highest BCUT2D eigenvalue weighted by atomic mass is 16.1. The Bertz CT molecular complexity index is 485. The largest absolute Gasteiger partial charge is 0.384 e. The fraction of sp³-hybridized carbons (Fsp3) is 0.167. The van der Waals surface area contributed by atoms with E-state index in [0.29, 0.717) is 5.57 Å². The summed E-state index contributed by atoms with van der Waals surface area (Å²) in [5, 5.41) is 11.5. The van der Waals surface area contributed by atoms with Crippen molar-refractivity contribution in [1.82, 2.24) is 5.32 Å². The number of nitrogens with one attached hydrogen (secondary N) is 1. The second kappa shape index (κ2) is 4.07. The van der Waals surface area contributed by atoms with Gasteiger partial charge in [-0.2, -0.15) is 5.26 Å². The Labute approximate surface area is 93.4 Å². The van der Waals surface area contributed by atoms with Crippen LogP contribution < -0.4 is 11.1 Å². The summed E-state index contributed by atoms with van der Waals surface area (Å²) in [5.74, 6) is -0.196. The van der Waals surface area contributed by atoms with Gasteiger partial charge >= 0.3 is 0 Å². The molecule has 0 aliphatic carbocycles. The van der Waals surface area contributed by atoms with Gasteiger partial charge in [0.05, 0.1) is 11.6 Å². The van der Waals surface area contributed by atoms with Crippen molar-refractivity contribution in [2.75, 3.05) is 0 Å². The summed E-state index contributed by atoms with van der Waals surface area (Å²) in [7, 11) is 0. The Morgan fingerprint density at radius 2 is 2.06 bits per heavy atom. The average Bonchev–Trinajstić information content (AvgIpc) is 2.29. The van der Waals surface area contributed by atoms with Gasteiger partial charge in [0, 0.05) is 12.3 Å². The van der Waals surface area contributed by atoms with Crippen molar-refractivity contribution in [3.05, 3.63) is 47.3 Å². The maximum atomic E-state index is 11.4. The SMILES string of the molecule is N#CC1=C(N)NC(=O)CC1c1ccccc1. The number of amides is 1. The van der Waals surface area contributed by atoms with Gasteiger partial charge in [-0.25, -0.2) is 0 Å². The molecule has 80 valence electrons. The lowest BCUT2D eigenvalue weighted by atomic mass is 9.86. The highest BCUT2D eigenvalue weighted by molar-refractivity contribution is 5.81. The fourth-order valence-electron chi connectivity index (χ4n) is 1.85. The molecule has 1 amide bonds. The van der Waals surface area contributed by atoms with E-state index in [1.165, 1.54) is 0 Å². The van der Waals surface area contributed by atoms with Gasteiger partial charge in [-0.05, 0) is 5.56 Å². The smallest absolute Gasteiger partial charge is 0.226 e. The van der Waals surface area contributed by atoms with Crippen molar-refractivity contribution in [2.45, 2.75) is 12.3 Å². The third-order valence-corrected chi connectivity index (χ3v) is 2.62. The molecule has 3 N–H and O–H groups in total. The maximum absolute atomic E-state index is 11.4. The summed E-state index contributed by atoms with van der Waals surface area (Å²) in [6.07, 6.45) is 0.271. The molecule has 0 bridgehead atoms. The zero-order valence-corrected chi connectivity index (χ0v) is 8.60. The summed E-state index contributed by atoms with van der Waals surface area (Å²) < 4.78 is 0. The number of carbonyl (C=O) groups excluding carboxylic acids is 1. The zero-order chi connectivity index (χ0) is 11.5. The molecule has 1 aliphatic heterocycles. The van der Waals surface area contributed by atoms with E-state index in [9.17, 15) is 4.79 Å². The first-order chi connectivity index (χ1) is 7.72. The number of allylic oxidation sites excluding steroid dienone is 1. The van der Waals surface area contributed by atoms with E-state index in [4.69, 9.17) is 11.0 Å². The highest BCUT2D eigenvalue weighted by Gasteiger charge is 2.27. The number of hydrogen-bond acceptors (Lipinski definition) is 3. The molecule has 1 aliphatic rings. The molecular formula is C12H11N3O. The van der Waals surface area contributed by atoms with E-state index >= 15 is 0 Å². The molecule has 0 radical (unpaired) electrons. The number of nitriles is 1. The molecule has 1 atom stereocenters. The van der Waals surface area contributed by atoms with Crippen LogP contribution in [0.1, 0.15) is 17.9 Å². The lowest BCUT2D eigenvalue weighted by Crippen LogP contribution is -2.35. The van der Waals surface area contributed by atoms with E-state index in [1.807, 2.05) is 30.3 Å². The van der Waals surface area contributed by atoms with Gasteiger partial charge < -0.3 is 11.1 Å². The predicted octanol–water partition coefficient (Wildman–Crippen LogP) is 0.984. The van der Waals surface area contributed by atoms with Gasteiger partial charge in [0.15, 0.2) is 0 Å².